The molecule has 136 valence electrons. The molecule has 1 aromatic heterocycles. The number of esters is 1. The highest BCUT2D eigenvalue weighted by Gasteiger charge is 2.14. The van der Waals surface area contributed by atoms with E-state index in [-0.39, 0.29) is 5.69 Å². The minimum atomic E-state index is -0.632. The van der Waals surface area contributed by atoms with E-state index >= 15 is 0 Å². The van der Waals surface area contributed by atoms with E-state index in [0.29, 0.717) is 11.3 Å². The van der Waals surface area contributed by atoms with Crippen LogP contribution in [-0.2, 0) is 4.74 Å². The van der Waals surface area contributed by atoms with Gasteiger partial charge in [0.1, 0.15) is 0 Å². The fourth-order valence-corrected chi connectivity index (χ4v) is 2.48. The number of aryl methyl sites for hydroxylation is 1. The standard InChI is InChI=1S/C20H17N3O4/c1-13-4-3-5-16(12-13)23-11-10-17(24)18(22-23)19(25)21-15-8-6-14(7-9-15)20(26)27-2/h3-12H,1-2H3,(H,21,25). The van der Waals surface area contributed by atoms with Crippen molar-refractivity contribution in [2.45, 2.75) is 6.92 Å². The lowest BCUT2D eigenvalue weighted by Crippen LogP contribution is -2.25. The van der Waals surface area contributed by atoms with Crippen molar-refractivity contribution in [3.05, 3.63) is 87.8 Å². The third-order valence-corrected chi connectivity index (χ3v) is 3.85. The van der Waals surface area contributed by atoms with Gasteiger partial charge in [-0.25, -0.2) is 9.48 Å². The van der Waals surface area contributed by atoms with Gasteiger partial charge in [0.05, 0.1) is 18.4 Å². The zero-order valence-corrected chi connectivity index (χ0v) is 14.8. The molecule has 0 bridgehead atoms. The number of rotatable bonds is 4. The van der Waals surface area contributed by atoms with Crippen LogP contribution in [0.3, 0.4) is 0 Å². The quantitative estimate of drug-likeness (QED) is 0.720. The molecule has 27 heavy (non-hydrogen) atoms. The number of nitrogens with zero attached hydrogens (tertiary/aromatic N) is 2. The topological polar surface area (TPSA) is 90.3 Å². The van der Waals surface area contributed by atoms with Crippen molar-refractivity contribution in [3.63, 3.8) is 0 Å². The van der Waals surface area contributed by atoms with Crippen LogP contribution in [0.2, 0.25) is 0 Å². The summed E-state index contributed by atoms with van der Waals surface area (Å²) in [7, 11) is 1.29. The third-order valence-electron chi connectivity index (χ3n) is 3.85. The average molecular weight is 363 g/mol. The average Bonchev–Trinajstić information content (AvgIpc) is 2.68. The number of anilines is 1. The number of benzene rings is 2. The highest BCUT2D eigenvalue weighted by atomic mass is 16.5. The van der Waals surface area contributed by atoms with Gasteiger partial charge < -0.3 is 10.1 Å². The molecule has 3 aromatic rings. The lowest BCUT2D eigenvalue weighted by molar-refractivity contribution is 0.0600. The smallest absolute Gasteiger partial charge is 0.337 e. The maximum Gasteiger partial charge on any atom is 0.337 e. The molecule has 0 aliphatic rings. The number of carbonyl (C=O) groups is 2. The van der Waals surface area contributed by atoms with Gasteiger partial charge in [0.15, 0.2) is 5.69 Å². The van der Waals surface area contributed by atoms with E-state index in [1.54, 1.807) is 12.1 Å². The molecule has 0 saturated heterocycles. The molecule has 1 N–H and O–H groups in total. The van der Waals surface area contributed by atoms with Crippen LogP contribution in [0.4, 0.5) is 5.69 Å². The first-order valence-corrected chi connectivity index (χ1v) is 8.14. The monoisotopic (exact) mass is 363 g/mol. The van der Waals surface area contributed by atoms with E-state index < -0.39 is 17.3 Å². The van der Waals surface area contributed by atoms with E-state index in [0.717, 1.165) is 11.3 Å². The Bertz CT molecular complexity index is 1060. The van der Waals surface area contributed by atoms with Crippen LogP contribution in [0.1, 0.15) is 26.4 Å². The van der Waals surface area contributed by atoms with E-state index in [4.69, 9.17) is 0 Å². The van der Waals surface area contributed by atoms with Crippen molar-refractivity contribution in [1.82, 2.24) is 9.78 Å². The number of aromatic nitrogens is 2. The van der Waals surface area contributed by atoms with Gasteiger partial charge in [0.2, 0.25) is 5.43 Å². The summed E-state index contributed by atoms with van der Waals surface area (Å²) in [5.41, 5.74) is 1.85. The van der Waals surface area contributed by atoms with Crippen LogP contribution in [0.15, 0.2) is 65.6 Å². The highest BCUT2D eigenvalue weighted by Crippen LogP contribution is 2.12. The van der Waals surface area contributed by atoms with Crippen molar-refractivity contribution >= 4 is 17.6 Å². The van der Waals surface area contributed by atoms with Crippen LogP contribution in [0, 0.1) is 6.92 Å². The second-order valence-corrected chi connectivity index (χ2v) is 5.84. The van der Waals surface area contributed by atoms with Crippen molar-refractivity contribution in [2.75, 3.05) is 12.4 Å². The third kappa shape index (κ3) is 4.09. The number of amides is 1. The predicted molar refractivity (Wildman–Crippen MR) is 100 cm³/mol. The molecule has 1 amide bonds. The van der Waals surface area contributed by atoms with Gasteiger partial charge in [-0.15, -0.1) is 0 Å². The van der Waals surface area contributed by atoms with Crippen molar-refractivity contribution < 1.29 is 14.3 Å². The summed E-state index contributed by atoms with van der Waals surface area (Å²) in [6.45, 7) is 1.94. The molecule has 0 atom stereocenters. The number of nitrogens with one attached hydrogen (secondary N) is 1. The van der Waals surface area contributed by atoms with Gasteiger partial charge in [0, 0.05) is 18.0 Å². The molecule has 0 aliphatic heterocycles. The van der Waals surface area contributed by atoms with E-state index in [1.807, 2.05) is 31.2 Å². The maximum atomic E-state index is 12.5. The molecule has 0 spiro atoms. The fraction of sp³-hybridized carbons (Fsp3) is 0.100. The second-order valence-electron chi connectivity index (χ2n) is 5.84. The van der Waals surface area contributed by atoms with Crippen molar-refractivity contribution in [1.29, 1.82) is 0 Å². The van der Waals surface area contributed by atoms with Gasteiger partial charge in [-0.1, -0.05) is 12.1 Å². The molecule has 1 heterocycles. The van der Waals surface area contributed by atoms with E-state index in [1.165, 1.54) is 36.2 Å². The van der Waals surface area contributed by atoms with Gasteiger partial charge in [0.25, 0.3) is 5.91 Å². The molecular formula is C20H17N3O4. The summed E-state index contributed by atoms with van der Waals surface area (Å²) in [5.74, 6) is -1.11. The van der Waals surface area contributed by atoms with Crippen LogP contribution in [0.25, 0.3) is 5.69 Å². The molecule has 0 fully saturated rings. The largest absolute Gasteiger partial charge is 0.465 e. The van der Waals surface area contributed by atoms with E-state index in [2.05, 4.69) is 15.2 Å². The number of methoxy groups -OCH3 is 1. The number of ether oxygens (including phenoxy) is 1. The Balaban J connectivity index is 1.85. The van der Waals surface area contributed by atoms with Crippen molar-refractivity contribution in [3.8, 4) is 5.69 Å². The minimum Gasteiger partial charge on any atom is -0.465 e. The summed E-state index contributed by atoms with van der Waals surface area (Å²) in [6, 6.07) is 15.0. The maximum absolute atomic E-state index is 12.5. The number of hydrogen-bond acceptors (Lipinski definition) is 5. The molecule has 2 aromatic carbocycles. The molecule has 3 rings (SSSR count). The molecule has 0 unspecified atom stereocenters. The fourth-order valence-electron chi connectivity index (χ4n) is 2.48. The zero-order valence-electron chi connectivity index (χ0n) is 14.8. The molecular weight excluding hydrogens is 346 g/mol. The normalized spacial score (nSPS) is 10.3. The Morgan fingerprint density at radius 3 is 2.48 bits per heavy atom. The summed E-state index contributed by atoms with van der Waals surface area (Å²) in [5, 5.41) is 6.76. The first kappa shape index (κ1) is 18.1. The zero-order chi connectivity index (χ0) is 19.4. The van der Waals surface area contributed by atoms with Gasteiger partial charge in [-0.3, -0.25) is 9.59 Å². The van der Waals surface area contributed by atoms with Crippen LogP contribution < -0.4 is 10.7 Å². The lowest BCUT2D eigenvalue weighted by atomic mass is 10.2. The van der Waals surface area contributed by atoms with E-state index in [9.17, 15) is 14.4 Å². The SMILES string of the molecule is COC(=O)c1ccc(NC(=O)c2nn(-c3cccc(C)c3)ccc2=O)cc1. The Kier molecular flexibility index (Phi) is 5.12. The predicted octanol–water partition coefficient (Wildman–Crippen LogP) is 2.58. The number of hydrogen-bond donors (Lipinski definition) is 1. The van der Waals surface area contributed by atoms with Crippen molar-refractivity contribution in [2.24, 2.45) is 0 Å². The second kappa shape index (κ2) is 7.65. The van der Waals surface area contributed by atoms with Crippen LogP contribution >= 0.6 is 0 Å². The van der Waals surface area contributed by atoms with Gasteiger partial charge >= 0.3 is 5.97 Å². The van der Waals surface area contributed by atoms with Crippen LogP contribution in [-0.4, -0.2) is 28.8 Å². The number of carbonyl (C=O) groups excluding carboxylic acids is 2. The summed E-state index contributed by atoms with van der Waals surface area (Å²) in [6.07, 6.45) is 1.51. The lowest BCUT2D eigenvalue weighted by Gasteiger charge is -2.09. The molecule has 0 aliphatic carbocycles. The molecule has 7 nitrogen and oxygen atoms in total. The Hall–Kier alpha value is -3.74. The minimum absolute atomic E-state index is 0.226. The first-order chi connectivity index (χ1) is 13.0. The Morgan fingerprint density at radius 2 is 1.81 bits per heavy atom. The van der Waals surface area contributed by atoms with Gasteiger partial charge in [-0.05, 0) is 48.9 Å². The summed E-state index contributed by atoms with van der Waals surface area (Å²) < 4.78 is 6.10. The molecule has 0 saturated carbocycles. The van der Waals surface area contributed by atoms with Crippen LogP contribution in [0.5, 0.6) is 0 Å². The summed E-state index contributed by atoms with van der Waals surface area (Å²) in [4.78, 5) is 36.0. The van der Waals surface area contributed by atoms with Gasteiger partial charge in [-0.2, -0.15) is 5.10 Å². The highest BCUT2D eigenvalue weighted by molar-refractivity contribution is 6.03. The molecule has 0 radical (unpaired) electrons. The first-order valence-electron chi connectivity index (χ1n) is 8.14. The Morgan fingerprint density at radius 1 is 1.07 bits per heavy atom. The summed E-state index contributed by atoms with van der Waals surface area (Å²) >= 11 is 0. The Labute approximate surface area is 155 Å². The molecule has 7 heteroatoms.